The molecule has 0 aliphatic heterocycles. The van der Waals surface area contributed by atoms with E-state index in [1.165, 1.54) is 16.7 Å². The first kappa shape index (κ1) is 25.3. The molecule has 0 saturated carbocycles. The zero-order valence-electron chi connectivity index (χ0n) is 20.3. The molecule has 1 aromatic heterocycles. The predicted octanol–water partition coefficient (Wildman–Crippen LogP) is 7.65. The van der Waals surface area contributed by atoms with Crippen molar-refractivity contribution in [3.05, 3.63) is 107 Å². The Morgan fingerprint density at radius 2 is 1.47 bits per heavy atom. The van der Waals surface area contributed by atoms with Crippen LogP contribution in [-0.2, 0) is 21.1 Å². The maximum Gasteiger partial charge on any atom is 0.126 e. The van der Waals surface area contributed by atoms with Gasteiger partial charge in [0.15, 0.2) is 0 Å². The Morgan fingerprint density at radius 3 is 2.22 bits per heavy atom. The van der Waals surface area contributed by atoms with E-state index in [4.69, 9.17) is 0 Å². The van der Waals surface area contributed by atoms with Gasteiger partial charge in [-0.1, -0.05) is 48.0 Å². The first-order chi connectivity index (χ1) is 16.9. The molecule has 182 valence electrons. The van der Waals surface area contributed by atoms with Crippen LogP contribution >= 0.6 is 0 Å². The van der Waals surface area contributed by atoms with Gasteiger partial charge in [-0.3, -0.25) is 4.99 Å². The van der Waals surface area contributed by atoms with Crippen molar-refractivity contribution in [2.24, 2.45) is 4.99 Å². The molecule has 0 fully saturated rings. The molecule has 0 atom stereocenters. The summed E-state index contributed by atoms with van der Waals surface area (Å²) >= 11 is 0. The van der Waals surface area contributed by atoms with E-state index in [-0.39, 0.29) is 32.6 Å². The summed E-state index contributed by atoms with van der Waals surface area (Å²) in [6.07, 6.45) is 1.68. The Morgan fingerprint density at radius 1 is 0.750 bits per heavy atom. The van der Waals surface area contributed by atoms with Crippen LogP contribution in [0.2, 0.25) is 0 Å². The monoisotopic (exact) mass is 653 g/mol. The number of hydrogen-bond acceptors (Lipinski definition) is 4. The number of phenolic OH excluding ortho intramolecular Hbond substituents is 2. The van der Waals surface area contributed by atoms with E-state index >= 15 is 0 Å². The molecule has 5 heteroatoms. The Balaban J connectivity index is 0.00000304. The maximum atomic E-state index is 11.0. The number of phenols is 2. The number of fused-ring (bicyclic) bond motifs is 1. The molecule has 4 aromatic carbocycles. The molecule has 0 spiro atoms. The van der Waals surface area contributed by atoms with Gasteiger partial charge in [-0.15, -0.1) is 0 Å². The summed E-state index contributed by atoms with van der Waals surface area (Å²) in [7, 11) is 0. The predicted molar refractivity (Wildman–Crippen MR) is 144 cm³/mol. The third kappa shape index (κ3) is 4.96. The van der Waals surface area contributed by atoms with Gasteiger partial charge in [0.25, 0.3) is 0 Å². The van der Waals surface area contributed by atoms with Crippen LogP contribution in [0, 0.1) is 20.8 Å². The van der Waals surface area contributed by atoms with Crippen LogP contribution < -0.4 is 0 Å². The summed E-state index contributed by atoms with van der Waals surface area (Å²) in [4.78, 5) is 9.29. The van der Waals surface area contributed by atoms with E-state index in [1.54, 1.807) is 18.3 Å². The van der Waals surface area contributed by atoms with Crippen molar-refractivity contribution >= 4 is 22.7 Å². The minimum absolute atomic E-state index is 0. The number of aromatic nitrogens is 1. The minimum atomic E-state index is 0. The molecule has 5 rings (SSSR count). The molecule has 0 radical (unpaired) electrons. The van der Waals surface area contributed by atoms with Crippen molar-refractivity contribution in [1.29, 1.82) is 0 Å². The average Bonchev–Trinajstić information content (AvgIpc) is 2.82. The van der Waals surface area contributed by atoms with Crippen molar-refractivity contribution < 1.29 is 31.3 Å². The van der Waals surface area contributed by atoms with Crippen LogP contribution in [0.4, 0.5) is 5.69 Å². The second-order valence-corrected chi connectivity index (χ2v) is 8.87. The largest absolute Gasteiger partial charge is 0.507 e. The molecule has 0 unspecified atom stereocenters. The smallest absolute Gasteiger partial charge is 0.126 e. The van der Waals surface area contributed by atoms with E-state index in [9.17, 15) is 10.2 Å². The van der Waals surface area contributed by atoms with E-state index < -0.39 is 0 Å². The summed E-state index contributed by atoms with van der Waals surface area (Å²) in [5, 5.41) is 22.8. The van der Waals surface area contributed by atoms with Gasteiger partial charge in [-0.2, -0.15) is 0 Å². The quantitative estimate of drug-likeness (QED) is 0.196. The number of pyridine rings is 1. The molecule has 0 saturated heterocycles. The zero-order valence-corrected chi connectivity index (χ0v) is 22.5. The van der Waals surface area contributed by atoms with Crippen LogP contribution in [-0.4, -0.2) is 21.4 Å². The van der Waals surface area contributed by atoms with Gasteiger partial charge in [0.2, 0.25) is 0 Å². The van der Waals surface area contributed by atoms with Gasteiger partial charge in [0, 0.05) is 32.0 Å². The maximum absolute atomic E-state index is 11.0. The van der Waals surface area contributed by atoms with Gasteiger partial charge >= 0.3 is 0 Å². The fourth-order valence-corrected chi connectivity index (χ4v) is 4.77. The van der Waals surface area contributed by atoms with Crippen molar-refractivity contribution in [3.8, 4) is 33.9 Å². The molecule has 2 N–H and O–H groups in total. The fraction of sp³-hybridized carbons (Fsp3) is 0.0968. The summed E-state index contributed by atoms with van der Waals surface area (Å²) in [5.41, 5.74) is 8.39. The SMILES string of the molecule is Cc1cc(C)c(-c2cc(O)c3c(N=Cc4cccc(-c5ccccc5O)n4)cccc3c2)c(C)c1.[Pt]. The first-order valence-corrected chi connectivity index (χ1v) is 11.5. The molecule has 5 aromatic rings. The molecule has 4 nitrogen and oxygen atoms in total. The number of benzene rings is 4. The van der Waals surface area contributed by atoms with Crippen molar-refractivity contribution in [2.75, 3.05) is 0 Å². The number of aliphatic imine (C=N–C) groups is 1. The molecule has 0 aliphatic carbocycles. The summed E-state index contributed by atoms with van der Waals surface area (Å²) in [6, 6.07) is 26.8. The Kier molecular flexibility index (Phi) is 7.37. The summed E-state index contributed by atoms with van der Waals surface area (Å²) in [5.74, 6) is 0.378. The third-order valence-corrected chi connectivity index (χ3v) is 6.19. The van der Waals surface area contributed by atoms with Crippen molar-refractivity contribution in [2.45, 2.75) is 20.8 Å². The second-order valence-electron chi connectivity index (χ2n) is 8.87. The van der Waals surface area contributed by atoms with Crippen LogP contribution in [0.1, 0.15) is 22.4 Å². The number of rotatable bonds is 4. The Labute approximate surface area is 225 Å². The van der Waals surface area contributed by atoms with Gasteiger partial charge in [-0.25, -0.2) is 4.98 Å². The topological polar surface area (TPSA) is 65.7 Å². The summed E-state index contributed by atoms with van der Waals surface area (Å²) in [6.45, 7) is 6.31. The van der Waals surface area contributed by atoms with Crippen LogP contribution in [0.3, 0.4) is 0 Å². The molecular formula is C31H26N2O2Pt. The number of hydrogen-bond donors (Lipinski definition) is 2. The van der Waals surface area contributed by atoms with E-state index in [0.717, 1.165) is 16.5 Å². The molecule has 0 amide bonds. The minimum Gasteiger partial charge on any atom is -0.507 e. The normalized spacial score (nSPS) is 11.1. The van der Waals surface area contributed by atoms with Crippen LogP contribution in [0.25, 0.3) is 33.2 Å². The number of aryl methyl sites for hydroxylation is 3. The first-order valence-electron chi connectivity index (χ1n) is 11.5. The van der Waals surface area contributed by atoms with Crippen LogP contribution in [0.5, 0.6) is 11.5 Å². The van der Waals surface area contributed by atoms with Crippen LogP contribution in [0.15, 0.2) is 89.9 Å². The molecule has 0 bridgehead atoms. The van der Waals surface area contributed by atoms with E-state index in [1.807, 2.05) is 54.6 Å². The number of para-hydroxylation sites is 1. The van der Waals surface area contributed by atoms with Gasteiger partial charge in [-0.05, 0) is 90.9 Å². The van der Waals surface area contributed by atoms with E-state index in [2.05, 4.69) is 48.9 Å². The number of aromatic hydroxyl groups is 2. The standard InChI is InChI=1S/C31H26N2O2.Pt/c1-19-14-20(2)30(21(3)15-19)23-16-22-8-6-12-27(31(22)29(35)17-23)32-18-24-9-7-11-26(33-24)25-10-4-5-13-28(25)34;/h4-18,34-35H,1-3H3;. The molecule has 1 heterocycles. The molecule has 36 heavy (non-hydrogen) atoms. The Hall–Kier alpha value is -3.75. The van der Waals surface area contributed by atoms with Crippen molar-refractivity contribution in [3.63, 3.8) is 0 Å². The second kappa shape index (κ2) is 10.5. The average molecular weight is 654 g/mol. The fourth-order valence-electron chi connectivity index (χ4n) is 4.77. The third-order valence-electron chi connectivity index (χ3n) is 6.19. The summed E-state index contributed by atoms with van der Waals surface area (Å²) < 4.78 is 0. The van der Waals surface area contributed by atoms with Crippen molar-refractivity contribution in [1.82, 2.24) is 4.98 Å². The molecule has 0 aliphatic rings. The Bertz CT molecular complexity index is 1590. The molecular weight excluding hydrogens is 627 g/mol. The van der Waals surface area contributed by atoms with Gasteiger partial charge in [0.05, 0.1) is 23.3 Å². The van der Waals surface area contributed by atoms with Gasteiger partial charge < -0.3 is 10.2 Å². The zero-order chi connectivity index (χ0) is 24.5. The van der Waals surface area contributed by atoms with E-state index in [0.29, 0.717) is 28.0 Å². The number of nitrogens with zero attached hydrogens (tertiary/aromatic N) is 2. The van der Waals surface area contributed by atoms with Gasteiger partial charge in [0.1, 0.15) is 11.5 Å².